The van der Waals surface area contributed by atoms with Crippen molar-refractivity contribution in [3.05, 3.63) is 59.7 Å². The molecule has 0 aromatic heterocycles. The minimum absolute atomic E-state index is 0.159. The number of aryl methyl sites for hydroxylation is 1. The number of hydrogen-bond donors (Lipinski definition) is 1. The van der Waals surface area contributed by atoms with Crippen molar-refractivity contribution in [1.82, 2.24) is 0 Å². The number of nitrogens with one attached hydrogen (secondary N) is 1. The van der Waals surface area contributed by atoms with Crippen molar-refractivity contribution in [2.75, 3.05) is 11.9 Å². The molecule has 2 aromatic rings. The molecule has 110 valence electrons. The molecule has 2 aromatic carbocycles. The maximum absolute atomic E-state index is 13.3. The van der Waals surface area contributed by atoms with Gasteiger partial charge in [-0.1, -0.05) is 19.1 Å². The molecule has 0 atom stereocenters. The number of anilines is 1. The summed E-state index contributed by atoms with van der Waals surface area (Å²) in [6, 6.07) is 10.3. The molecule has 3 nitrogen and oxygen atoms in total. The van der Waals surface area contributed by atoms with Crippen molar-refractivity contribution in [1.29, 1.82) is 0 Å². The summed E-state index contributed by atoms with van der Waals surface area (Å²) in [6.07, 6.45) is 0.918. The molecule has 0 saturated heterocycles. The van der Waals surface area contributed by atoms with Crippen molar-refractivity contribution in [2.24, 2.45) is 0 Å². The van der Waals surface area contributed by atoms with Crippen molar-refractivity contribution >= 4 is 11.6 Å². The lowest BCUT2D eigenvalue weighted by Gasteiger charge is -2.08. The van der Waals surface area contributed by atoms with Gasteiger partial charge in [-0.2, -0.15) is 0 Å². The van der Waals surface area contributed by atoms with E-state index in [-0.39, 0.29) is 12.4 Å². The Morgan fingerprint density at radius 3 is 2.48 bits per heavy atom. The van der Waals surface area contributed by atoms with Gasteiger partial charge in [-0.3, -0.25) is 4.79 Å². The average Bonchev–Trinajstić information content (AvgIpc) is 2.47. The summed E-state index contributed by atoms with van der Waals surface area (Å²) < 4.78 is 31.1. The Morgan fingerprint density at radius 1 is 1.14 bits per heavy atom. The number of amides is 1. The van der Waals surface area contributed by atoms with Gasteiger partial charge in [0.05, 0.1) is 0 Å². The monoisotopic (exact) mass is 291 g/mol. The Morgan fingerprint density at radius 2 is 1.86 bits per heavy atom. The van der Waals surface area contributed by atoms with Gasteiger partial charge >= 0.3 is 0 Å². The first-order chi connectivity index (χ1) is 10.1. The van der Waals surface area contributed by atoms with E-state index < -0.39 is 17.5 Å². The summed E-state index contributed by atoms with van der Waals surface area (Å²) in [7, 11) is 0. The first-order valence-corrected chi connectivity index (χ1v) is 6.55. The van der Waals surface area contributed by atoms with E-state index in [1.165, 1.54) is 0 Å². The molecule has 0 saturated carbocycles. The SMILES string of the molecule is CCc1ccc(NC(=O)COc2ccc(F)cc2F)cc1. The highest BCUT2D eigenvalue weighted by atomic mass is 19.1. The summed E-state index contributed by atoms with van der Waals surface area (Å²) in [4.78, 5) is 11.7. The van der Waals surface area contributed by atoms with Crippen LogP contribution in [0.3, 0.4) is 0 Å². The number of carbonyl (C=O) groups excluding carboxylic acids is 1. The summed E-state index contributed by atoms with van der Waals surface area (Å²) in [5.41, 5.74) is 1.80. The normalized spacial score (nSPS) is 10.2. The molecule has 1 amide bonds. The third-order valence-corrected chi connectivity index (χ3v) is 2.90. The van der Waals surface area contributed by atoms with Gasteiger partial charge in [0.15, 0.2) is 18.2 Å². The van der Waals surface area contributed by atoms with Crippen molar-refractivity contribution in [3.8, 4) is 5.75 Å². The lowest BCUT2D eigenvalue weighted by atomic mass is 10.1. The quantitative estimate of drug-likeness (QED) is 0.915. The fraction of sp³-hybridized carbons (Fsp3) is 0.188. The molecule has 0 aliphatic heterocycles. The maximum atomic E-state index is 13.3. The lowest BCUT2D eigenvalue weighted by molar-refractivity contribution is -0.118. The molecule has 0 unspecified atom stereocenters. The highest BCUT2D eigenvalue weighted by molar-refractivity contribution is 5.91. The first-order valence-electron chi connectivity index (χ1n) is 6.55. The molecule has 0 aliphatic carbocycles. The number of halogens is 2. The van der Waals surface area contributed by atoms with E-state index in [0.29, 0.717) is 11.8 Å². The van der Waals surface area contributed by atoms with Crippen LogP contribution in [0.2, 0.25) is 0 Å². The van der Waals surface area contributed by atoms with Crippen molar-refractivity contribution < 1.29 is 18.3 Å². The minimum Gasteiger partial charge on any atom is -0.481 e. The average molecular weight is 291 g/mol. The Labute approximate surface area is 121 Å². The van der Waals surface area contributed by atoms with E-state index in [9.17, 15) is 13.6 Å². The number of hydrogen-bond acceptors (Lipinski definition) is 2. The molecule has 0 radical (unpaired) electrons. The molecule has 0 bridgehead atoms. The van der Waals surface area contributed by atoms with Crippen LogP contribution >= 0.6 is 0 Å². The maximum Gasteiger partial charge on any atom is 0.262 e. The molecule has 0 aliphatic rings. The van der Waals surface area contributed by atoms with Gasteiger partial charge in [0, 0.05) is 11.8 Å². The van der Waals surface area contributed by atoms with Crippen LogP contribution in [0, 0.1) is 11.6 Å². The number of benzene rings is 2. The van der Waals surface area contributed by atoms with E-state index in [2.05, 4.69) is 5.32 Å². The van der Waals surface area contributed by atoms with Crippen LogP contribution in [0.15, 0.2) is 42.5 Å². The Bertz CT molecular complexity index is 627. The zero-order valence-electron chi connectivity index (χ0n) is 11.5. The first kappa shape index (κ1) is 15.0. The van der Waals surface area contributed by atoms with Crippen LogP contribution in [0.25, 0.3) is 0 Å². The predicted molar refractivity (Wildman–Crippen MR) is 76.3 cm³/mol. The van der Waals surface area contributed by atoms with Gasteiger partial charge in [0.2, 0.25) is 0 Å². The minimum atomic E-state index is -0.838. The second-order valence-electron chi connectivity index (χ2n) is 4.46. The second kappa shape index (κ2) is 6.83. The van der Waals surface area contributed by atoms with E-state index in [1.807, 2.05) is 19.1 Å². The molecule has 2 rings (SSSR count). The topological polar surface area (TPSA) is 38.3 Å². The largest absolute Gasteiger partial charge is 0.481 e. The van der Waals surface area contributed by atoms with Crippen LogP contribution in [0.4, 0.5) is 14.5 Å². The summed E-state index contributed by atoms with van der Waals surface area (Å²) in [5, 5.41) is 2.63. The Hall–Kier alpha value is -2.43. The van der Waals surface area contributed by atoms with E-state index in [1.54, 1.807) is 12.1 Å². The number of ether oxygens (including phenoxy) is 1. The van der Waals surface area contributed by atoms with Gasteiger partial charge in [0.1, 0.15) is 5.82 Å². The number of rotatable bonds is 5. The summed E-state index contributed by atoms with van der Waals surface area (Å²) in [6.45, 7) is 1.69. The van der Waals surface area contributed by atoms with Gasteiger partial charge < -0.3 is 10.1 Å². The highest BCUT2D eigenvalue weighted by Crippen LogP contribution is 2.17. The predicted octanol–water partition coefficient (Wildman–Crippen LogP) is 3.54. The summed E-state index contributed by atoms with van der Waals surface area (Å²) >= 11 is 0. The molecule has 0 fully saturated rings. The smallest absolute Gasteiger partial charge is 0.262 e. The third kappa shape index (κ3) is 4.27. The fourth-order valence-corrected chi connectivity index (χ4v) is 1.76. The van der Waals surface area contributed by atoms with E-state index in [0.717, 1.165) is 24.1 Å². The van der Waals surface area contributed by atoms with Crippen LogP contribution in [0.5, 0.6) is 5.75 Å². The van der Waals surface area contributed by atoms with Crippen molar-refractivity contribution in [2.45, 2.75) is 13.3 Å². The molecular formula is C16H15F2NO2. The van der Waals surface area contributed by atoms with Gasteiger partial charge in [-0.15, -0.1) is 0 Å². The molecule has 5 heteroatoms. The lowest BCUT2D eigenvalue weighted by Crippen LogP contribution is -2.20. The van der Waals surface area contributed by atoms with E-state index in [4.69, 9.17) is 4.74 Å². The number of carbonyl (C=O) groups is 1. The van der Waals surface area contributed by atoms with Gasteiger partial charge in [-0.25, -0.2) is 8.78 Å². The summed E-state index contributed by atoms with van der Waals surface area (Å²) in [5.74, 6) is -2.11. The van der Waals surface area contributed by atoms with Gasteiger partial charge in [0.25, 0.3) is 5.91 Å². The van der Waals surface area contributed by atoms with Crippen LogP contribution in [-0.2, 0) is 11.2 Å². The van der Waals surface area contributed by atoms with Crippen LogP contribution in [0.1, 0.15) is 12.5 Å². The fourth-order valence-electron chi connectivity index (χ4n) is 1.76. The molecule has 21 heavy (non-hydrogen) atoms. The van der Waals surface area contributed by atoms with E-state index >= 15 is 0 Å². The molecular weight excluding hydrogens is 276 g/mol. The molecule has 1 N–H and O–H groups in total. The standard InChI is InChI=1S/C16H15F2NO2/c1-2-11-3-6-13(7-4-11)19-16(20)10-21-15-8-5-12(17)9-14(15)18/h3-9H,2,10H2,1H3,(H,19,20). The second-order valence-corrected chi connectivity index (χ2v) is 4.46. The zero-order chi connectivity index (χ0) is 15.2. The van der Waals surface area contributed by atoms with Crippen LogP contribution < -0.4 is 10.1 Å². The van der Waals surface area contributed by atoms with Gasteiger partial charge in [-0.05, 0) is 36.2 Å². The highest BCUT2D eigenvalue weighted by Gasteiger charge is 2.08. The molecule has 0 spiro atoms. The van der Waals surface area contributed by atoms with Crippen molar-refractivity contribution in [3.63, 3.8) is 0 Å². The third-order valence-electron chi connectivity index (χ3n) is 2.90. The molecule has 0 heterocycles. The zero-order valence-corrected chi connectivity index (χ0v) is 11.5. The Kier molecular flexibility index (Phi) is 4.87. The Balaban J connectivity index is 1.89. The van der Waals surface area contributed by atoms with Crippen LogP contribution in [-0.4, -0.2) is 12.5 Å².